The van der Waals surface area contributed by atoms with Gasteiger partial charge in [-0.1, -0.05) is 43.5 Å². The highest BCUT2D eigenvalue weighted by molar-refractivity contribution is 6.47. The van der Waals surface area contributed by atoms with Gasteiger partial charge in [-0.05, 0) is 63.2 Å². The van der Waals surface area contributed by atoms with E-state index in [2.05, 4.69) is 42.5 Å². The summed E-state index contributed by atoms with van der Waals surface area (Å²) in [5.74, 6) is 0. The Kier molecular flexibility index (Phi) is 11.7. The number of alkyl halides is 1. The van der Waals surface area contributed by atoms with Crippen molar-refractivity contribution in [3.63, 3.8) is 0 Å². The van der Waals surface area contributed by atoms with Crippen molar-refractivity contribution in [3.8, 4) is 0 Å². The van der Waals surface area contributed by atoms with Crippen LogP contribution in [0.4, 0.5) is 0 Å². The fourth-order valence-electron chi connectivity index (χ4n) is 5.04. The van der Waals surface area contributed by atoms with Gasteiger partial charge in [0.15, 0.2) is 6.29 Å². The molecule has 0 radical (unpaired) electrons. The topological polar surface area (TPSA) is 91.9 Å². The third-order valence-electron chi connectivity index (χ3n) is 7.26. The van der Waals surface area contributed by atoms with Crippen LogP contribution in [-0.2, 0) is 0 Å². The van der Waals surface area contributed by atoms with E-state index in [4.69, 9.17) is 21.6 Å². The molecule has 0 aromatic heterocycles. The molecule has 0 saturated carbocycles. The molecule has 0 aromatic carbocycles. The first kappa shape index (κ1) is 30.3. The number of halogens is 1. The van der Waals surface area contributed by atoms with E-state index >= 15 is 0 Å². The van der Waals surface area contributed by atoms with Crippen molar-refractivity contribution in [2.45, 2.75) is 81.5 Å². The second-order valence-electron chi connectivity index (χ2n) is 10.2. The maximum absolute atomic E-state index is 11.2. The molecule has 3 rings (SSSR count). The van der Waals surface area contributed by atoms with Crippen LogP contribution < -0.4 is 0 Å². The number of unbranched alkanes of at least 4 members (excludes halogenated alkanes) is 1. The van der Waals surface area contributed by atoms with Crippen LogP contribution in [0.2, 0.25) is 0 Å². The summed E-state index contributed by atoms with van der Waals surface area (Å²) < 4.78 is 0. The number of aliphatic imine (C=N–C) groups is 2. The van der Waals surface area contributed by atoms with Gasteiger partial charge in [0.1, 0.15) is 6.23 Å². The van der Waals surface area contributed by atoms with Gasteiger partial charge in [0.2, 0.25) is 0 Å². The lowest BCUT2D eigenvalue weighted by Gasteiger charge is -2.43. The van der Waals surface area contributed by atoms with Crippen LogP contribution in [-0.4, -0.2) is 92.2 Å². The number of hydrogen-bond donors (Lipinski definition) is 3. The summed E-state index contributed by atoms with van der Waals surface area (Å²) in [6.45, 7) is 16.0. The average molecular weight is 543 g/mol. The largest absolute Gasteiger partial charge is 0.374 e. The van der Waals surface area contributed by atoms with Crippen molar-refractivity contribution >= 4 is 23.0 Å². The van der Waals surface area contributed by atoms with Gasteiger partial charge in [-0.3, -0.25) is 14.9 Å². The number of fused-ring (bicyclic) bond motifs is 1. The van der Waals surface area contributed by atoms with Crippen molar-refractivity contribution in [1.82, 2.24) is 9.80 Å². The third kappa shape index (κ3) is 8.35. The molecule has 1 saturated heterocycles. The minimum absolute atomic E-state index is 0.0570. The van der Waals surface area contributed by atoms with Crippen LogP contribution in [0.1, 0.15) is 45.4 Å². The van der Waals surface area contributed by atoms with Gasteiger partial charge in [0.05, 0.1) is 28.9 Å². The summed E-state index contributed by atoms with van der Waals surface area (Å²) in [6, 6.07) is -0.0669. The molecule has 5 unspecified atom stereocenters. The number of piperazine rings is 1. The smallest absolute Gasteiger partial charge is 0.151 e. The average Bonchev–Trinajstić information content (AvgIpc) is 2.91. The third-order valence-corrected chi connectivity index (χ3v) is 7.66. The van der Waals surface area contributed by atoms with E-state index in [-0.39, 0.29) is 23.5 Å². The first-order valence-electron chi connectivity index (χ1n) is 13.6. The zero-order chi connectivity index (χ0) is 27.7. The summed E-state index contributed by atoms with van der Waals surface area (Å²) in [5.41, 5.74) is 3.52. The van der Waals surface area contributed by atoms with Crippen molar-refractivity contribution < 1.29 is 15.3 Å². The Bertz CT molecular complexity index is 999. The van der Waals surface area contributed by atoms with E-state index in [0.29, 0.717) is 19.3 Å². The van der Waals surface area contributed by atoms with E-state index in [1.165, 1.54) is 0 Å². The van der Waals surface area contributed by atoms with Crippen LogP contribution >= 0.6 is 11.6 Å². The summed E-state index contributed by atoms with van der Waals surface area (Å²) in [6.07, 6.45) is 15.8. The van der Waals surface area contributed by atoms with Gasteiger partial charge in [0, 0.05) is 31.4 Å². The number of aliphatic hydroxyl groups excluding tert-OH is 2. The molecule has 0 bridgehead atoms. The molecule has 3 aliphatic rings. The molecule has 1 fully saturated rings. The van der Waals surface area contributed by atoms with Crippen LogP contribution in [0.5, 0.6) is 0 Å². The quantitative estimate of drug-likeness (QED) is 0.101. The Labute approximate surface area is 232 Å². The monoisotopic (exact) mass is 542 g/mol. The minimum Gasteiger partial charge on any atom is -0.374 e. The molecule has 7 nitrogen and oxygen atoms in total. The predicted molar refractivity (Wildman–Crippen MR) is 158 cm³/mol. The molecule has 1 aliphatic carbocycles. The van der Waals surface area contributed by atoms with Crippen LogP contribution in [0.15, 0.2) is 83.5 Å². The second kappa shape index (κ2) is 14.8. The number of nitrogens with zero attached hydrogens (tertiary/aromatic N) is 4. The molecule has 0 aromatic rings. The summed E-state index contributed by atoms with van der Waals surface area (Å²) in [7, 11) is 0. The van der Waals surface area contributed by atoms with Crippen molar-refractivity contribution in [2.24, 2.45) is 9.98 Å². The van der Waals surface area contributed by atoms with Gasteiger partial charge in [0.25, 0.3) is 0 Å². The Morgan fingerprint density at radius 1 is 1.16 bits per heavy atom. The Morgan fingerprint density at radius 3 is 2.63 bits per heavy atom. The Balaban J connectivity index is 1.71. The number of rotatable bonds is 14. The molecule has 3 N–H and O–H groups in total. The highest BCUT2D eigenvalue weighted by Crippen LogP contribution is 2.27. The summed E-state index contributed by atoms with van der Waals surface area (Å²) in [4.78, 5) is 14.3. The molecule has 5 atom stereocenters. The molecule has 208 valence electrons. The molecule has 38 heavy (non-hydrogen) atoms. The number of allylic oxidation sites excluding steroid dienone is 4. The molecule has 0 amide bonds. The number of hydrogen-bond acceptors (Lipinski definition) is 7. The molecule has 2 aliphatic heterocycles. The van der Waals surface area contributed by atoms with E-state index < -0.39 is 12.5 Å². The maximum atomic E-state index is 11.2. The van der Waals surface area contributed by atoms with Gasteiger partial charge >= 0.3 is 0 Å². The Morgan fingerprint density at radius 2 is 1.95 bits per heavy atom. The normalized spacial score (nSPS) is 25.5. The standard InChI is InChI=1S/C30H43ClN4O3/c1-5-21(3)35-18-17-34(20-22(35)4)30(38)23-15-16-27-28(19-23)33-26(13-9-10-14-29(36)37)25(32-27)12-8-7-11-24(31)6-2/h5-6,8,12,15-16,19,22,24,27-30,36-38H,1-3,7,9-11,13-14,17-18,20H2,4H3/b12-8+. The van der Waals surface area contributed by atoms with E-state index in [1.807, 2.05) is 24.3 Å². The van der Waals surface area contributed by atoms with Crippen LogP contribution in [0.25, 0.3) is 0 Å². The van der Waals surface area contributed by atoms with Crippen LogP contribution in [0.3, 0.4) is 0 Å². The van der Waals surface area contributed by atoms with Gasteiger partial charge in [-0.15, -0.1) is 18.2 Å². The molecular formula is C30H43ClN4O3. The Hall–Kier alpha value is -2.29. The highest BCUT2D eigenvalue weighted by Gasteiger charge is 2.32. The van der Waals surface area contributed by atoms with E-state index in [9.17, 15) is 15.3 Å². The van der Waals surface area contributed by atoms with Gasteiger partial charge < -0.3 is 20.2 Å². The highest BCUT2D eigenvalue weighted by atomic mass is 35.5. The molecule has 0 spiro atoms. The summed E-state index contributed by atoms with van der Waals surface area (Å²) in [5, 5.41) is 29.5. The molecular weight excluding hydrogens is 500 g/mol. The minimum atomic E-state index is -1.29. The van der Waals surface area contributed by atoms with Gasteiger partial charge in [-0.25, -0.2) is 0 Å². The zero-order valence-corrected chi connectivity index (χ0v) is 23.3. The lowest BCUT2D eigenvalue weighted by Crippen LogP contribution is -2.54. The van der Waals surface area contributed by atoms with Crippen LogP contribution in [0, 0.1) is 0 Å². The van der Waals surface area contributed by atoms with Crippen molar-refractivity contribution in [1.29, 1.82) is 0 Å². The number of aliphatic hydroxyl groups is 3. The maximum Gasteiger partial charge on any atom is 0.151 e. The van der Waals surface area contributed by atoms with E-state index in [0.717, 1.165) is 61.6 Å². The SMILES string of the molecule is C=CC(=C)N1CCN(C(O)C2=CC3N=C(CCCCC(O)O)C(/C=C/CCC(Cl)C=C)=NC3C=C2)CC1C. The fraction of sp³-hybridized carbons (Fsp3) is 0.533. The molecule has 8 heteroatoms. The second-order valence-corrected chi connectivity index (χ2v) is 10.7. The van der Waals surface area contributed by atoms with Crippen molar-refractivity contribution in [3.05, 3.63) is 73.5 Å². The first-order valence-corrected chi connectivity index (χ1v) is 14.0. The summed E-state index contributed by atoms with van der Waals surface area (Å²) >= 11 is 6.15. The van der Waals surface area contributed by atoms with E-state index in [1.54, 1.807) is 12.2 Å². The lowest BCUT2D eigenvalue weighted by molar-refractivity contribution is -0.0464. The molecule has 2 heterocycles. The zero-order valence-electron chi connectivity index (χ0n) is 22.5. The first-order chi connectivity index (χ1) is 18.2. The van der Waals surface area contributed by atoms with Crippen molar-refractivity contribution in [2.75, 3.05) is 19.6 Å². The fourth-order valence-corrected chi connectivity index (χ4v) is 5.17. The lowest BCUT2D eigenvalue weighted by atomic mass is 9.93. The van der Waals surface area contributed by atoms with Gasteiger partial charge in [-0.2, -0.15) is 0 Å². The predicted octanol–water partition coefficient (Wildman–Crippen LogP) is 4.14.